The Balaban J connectivity index is 2.36. The van der Waals surface area contributed by atoms with Crippen molar-refractivity contribution in [3.8, 4) is 0 Å². The van der Waals surface area contributed by atoms with Crippen LogP contribution in [0.1, 0.15) is 26.7 Å². The van der Waals surface area contributed by atoms with Crippen molar-refractivity contribution in [1.82, 2.24) is 0 Å². The summed E-state index contributed by atoms with van der Waals surface area (Å²) in [5.74, 6) is 0.449. The van der Waals surface area contributed by atoms with Gasteiger partial charge in [-0.2, -0.15) is 0 Å². The Morgan fingerprint density at radius 3 is 2.81 bits per heavy atom. The second kappa shape index (κ2) is 3.95. The molecule has 2 atom stereocenters. The predicted octanol–water partition coefficient (Wildman–Crippen LogP) is 1.93. The van der Waals surface area contributed by atoms with Gasteiger partial charge in [-0.05, 0) is 37.5 Å². The Hall–Kier alpha value is -1.28. The first kappa shape index (κ1) is 11.2. The molecule has 2 aliphatic carbocycles. The van der Waals surface area contributed by atoms with E-state index in [0.29, 0.717) is 5.76 Å². The zero-order valence-electron chi connectivity index (χ0n) is 9.88. The average Bonchev–Trinajstić information content (AvgIpc) is 2.15. The minimum absolute atomic E-state index is 0.104. The summed E-state index contributed by atoms with van der Waals surface area (Å²) < 4.78 is 0. The normalized spacial score (nSPS) is 34.2. The van der Waals surface area contributed by atoms with Crippen LogP contribution < -0.4 is 0 Å². The van der Waals surface area contributed by atoms with Crippen molar-refractivity contribution < 1.29 is 10.2 Å². The van der Waals surface area contributed by atoms with E-state index >= 15 is 0 Å². The largest absolute Gasteiger partial charge is 0.596 e. The fraction of sp³-hybridized carbons (Fsp3) is 0.429. The van der Waals surface area contributed by atoms with E-state index < -0.39 is 5.60 Å². The molecule has 0 spiro atoms. The monoisotopic (exact) mass is 220 g/mol. The van der Waals surface area contributed by atoms with E-state index in [0.717, 1.165) is 18.4 Å². The van der Waals surface area contributed by atoms with Crippen molar-refractivity contribution >= 4 is 0 Å². The summed E-state index contributed by atoms with van der Waals surface area (Å²) >= 11 is 0. The van der Waals surface area contributed by atoms with Gasteiger partial charge < -0.3 is 10.2 Å². The van der Waals surface area contributed by atoms with Gasteiger partial charge in [-0.25, -0.2) is 0 Å². The Bertz CT molecular complexity index is 408. The highest BCUT2D eigenvalue weighted by molar-refractivity contribution is 5.40. The van der Waals surface area contributed by atoms with Gasteiger partial charge in [0.2, 0.25) is 5.76 Å². The first-order valence-electron chi connectivity index (χ1n) is 5.74. The van der Waals surface area contributed by atoms with E-state index in [4.69, 9.17) is 10.2 Å². The first-order valence-corrected chi connectivity index (χ1v) is 5.74. The molecule has 0 fully saturated rings. The molecule has 0 aliphatic heterocycles. The highest BCUT2D eigenvalue weighted by Crippen LogP contribution is 2.37. The third-order valence-corrected chi connectivity index (χ3v) is 3.29. The molecule has 0 saturated heterocycles. The molecule has 2 heteroatoms. The highest BCUT2D eigenvalue weighted by atomic mass is 16.3. The van der Waals surface area contributed by atoms with Crippen molar-refractivity contribution in [2.75, 3.05) is 0 Å². The Labute approximate surface area is 96.3 Å². The zero-order chi connectivity index (χ0) is 11.8. The molecule has 0 aromatic rings. The molecule has 0 saturated carbocycles. The van der Waals surface area contributed by atoms with Crippen LogP contribution in [0.2, 0.25) is 0 Å². The molecular formula is C14H20O2+2. The van der Waals surface area contributed by atoms with Gasteiger partial charge in [-0.3, -0.25) is 0 Å². The van der Waals surface area contributed by atoms with Crippen molar-refractivity contribution in [1.29, 1.82) is 0 Å². The molecule has 0 amide bonds. The van der Waals surface area contributed by atoms with Crippen molar-refractivity contribution in [3.63, 3.8) is 0 Å². The number of hydrogen-bond donors (Lipinski definition) is 0. The van der Waals surface area contributed by atoms with E-state index in [2.05, 4.69) is 19.1 Å². The number of hydrogen-bond acceptors (Lipinski definition) is 0. The minimum atomic E-state index is -0.689. The lowest BCUT2D eigenvalue weighted by Gasteiger charge is -2.28. The second-order valence-corrected chi connectivity index (χ2v) is 4.93. The maximum Gasteiger partial charge on any atom is 0.245 e. The third-order valence-electron chi connectivity index (χ3n) is 3.29. The molecule has 0 heterocycles. The van der Waals surface area contributed by atoms with Crippen LogP contribution in [-0.4, -0.2) is 15.8 Å². The molecule has 2 rings (SSSR count). The van der Waals surface area contributed by atoms with E-state index in [1.54, 1.807) is 6.08 Å². The summed E-state index contributed by atoms with van der Waals surface area (Å²) in [6.07, 6.45) is 12.0. The van der Waals surface area contributed by atoms with Gasteiger partial charge in [0.05, 0.1) is 0 Å². The average molecular weight is 220 g/mol. The summed E-state index contributed by atoms with van der Waals surface area (Å²) in [5, 5.41) is 16.3. The fourth-order valence-electron chi connectivity index (χ4n) is 2.48. The molecule has 1 unspecified atom stereocenters. The van der Waals surface area contributed by atoms with E-state index in [-0.39, 0.29) is 5.92 Å². The quantitative estimate of drug-likeness (QED) is 0.606. The van der Waals surface area contributed by atoms with Gasteiger partial charge in [-0.15, -0.1) is 0 Å². The second-order valence-electron chi connectivity index (χ2n) is 4.93. The van der Waals surface area contributed by atoms with Gasteiger partial charge in [0.25, 0.3) is 0 Å². The molecule has 0 aromatic carbocycles. The van der Waals surface area contributed by atoms with Gasteiger partial charge in [0.15, 0.2) is 11.5 Å². The molecular weight excluding hydrogens is 200 g/mol. The molecule has 86 valence electrons. The zero-order valence-corrected chi connectivity index (χ0v) is 9.88. The smallest absolute Gasteiger partial charge is 0.245 e. The topological polar surface area (TPSA) is 45.8 Å². The van der Waals surface area contributed by atoms with Crippen LogP contribution in [0.3, 0.4) is 0 Å². The standard InChI is InChI=1S/C14H18O2/c1-10-5-3-6-11(9-10)13-12(15)7-4-8-14(13,2)16/h4,6-9,13,15-16H,3,5H2,1-2H3/p+2/t13?,14-/m0/s1. The van der Waals surface area contributed by atoms with Crippen LogP contribution in [0.4, 0.5) is 0 Å². The summed E-state index contributed by atoms with van der Waals surface area (Å²) in [7, 11) is 0. The van der Waals surface area contributed by atoms with Crippen LogP contribution >= 0.6 is 0 Å². The predicted molar refractivity (Wildman–Crippen MR) is 67.4 cm³/mol. The van der Waals surface area contributed by atoms with E-state index in [9.17, 15) is 0 Å². The Kier molecular flexibility index (Phi) is 2.76. The van der Waals surface area contributed by atoms with Crippen molar-refractivity contribution in [2.45, 2.75) is 32.3 Å². The molecule has 0 radical (unpaired) electrons. The first-order chi connectivity index (χ1) is 7.50. The lowest BCUT2D eigenvalue weighted by Crippen LogP contribution is -2.36. The van der Waals surface area contributed by atoms with Crippen LogP contribution in [0, 0.1) is 5.92 Å². The number of allylic oxidation sites excluding steroid dienone is 5. The minimum Gasteiger partial charge on any atom is -0.596 e. The lowest BCUT2D eigenvalue weighted by atomic mass is 9.76. The summed E-state index contributed by atoms with van der Waals surface area (Å²) in [6.45, 7) is 4.01. The van der Waals surface area contributed by atoms with Gasteiger partial charge in [0, 0.05) is 13.0 Å². The Morgan fingerprint density at radius 2 is 2.19 bits per heavy atom. The molecule has 0 aromatic heterocycles. The van der Waals surface area contributed by atoms with Gasteiger partial charge in [-0.1, -0.05) is 17.7 Å². The summed E-state index contributed by atoms with van der Waals surface area (Å²) in [6, 6.07) is 0. The van der Waals surface area contributed by atoms with E-state index in [1.807, 2.05) is 19.1 Å². The van der Waals surface area contributed by atoms with Crippen molar-refractivity contribution in [2.24, 2.45) is 5.92 Å². The maximum atomic E-state index is 8.30. The summed E-state index contributed by atoms with van der Waals surface area (Å²) in [4.78, 5) is 0. The van der Waals surface area contributed by atoms with Crippen LogP contribution in [0.25, 0.3) is 0 Å². The molecule has 2 aliphatic rings. The summed E-state index contributed by atoms with van der Waals surface area (Å²) in [5.41, 5.74) is 1.81. The molecule has 0 bridgehead atoms. The Morgan fingerprint density at radius 1 is 1.44 bits per heavy atom. The molecule has 16 heavy (non-hydrogen) atoms. The van der Waals surface area contributed by atoms with Crippen LogP contribution in [0.15, 0.2) is 47.3 Å². The third kappa shape index (κ3) is 1.98. The highest BCUT2D eigenvalue weighted by Gasteiger charge is 2.44. The van der Waals surface area contributed by atoms with Crippen molar-refractivity contribution in [3.05, 3.63) is 47.3 Å². The van der Waals surface area contributed by atoms with Crippen LogP contribution in [0.5, 0.6) is 0 Å². The van der Waals surface area contributed by atoms with Crippen LogP contribution in [-0.2, 0) is 0 Å². The fourth-order valence-corrected chi connectivity index (χ4v) is 2.48. The molecule has 2 nitrogen and oxygen atoms in total. The SMILES string of the molecule is CC1=CC(C2C([OH2+])=CC=C[C@]2(C)[OH2+])=CCC1. The van der Waals surface area contributed by atoms with E-state index in [1.165, 1.54) is 5.57 Å². The lowest BCUT2D eigenvalue weighted by molar-refractivity contribution is 0.0580. The maximum absolute atomic E-state index is 8.30. The number of rotatable bonds is 1. The molecule has 4 N–H and O–H groups in total. The van der Waals surface area contributed by atoms with Gasteiger partial charge in [0.1, 0.15) is 0 Å². The van der Waals surface area contributed by atoms with Gasteiger partial charge >= 0.3 is 0 Å².